The van der Waals surface area contributed by atoms with Gasteiger partial charge in [0.15, 0.2) is 0 Å². The molecule has 0 aliphatic rings. The second kappa shape index (κ2) is 10.5. The quantitative estimate of drug-likeness (QED) is 0.491. The molecule has 0 saturated heterocycles. The lowest BCUT2D eigenvalue weighted by atomic mass is 9.92. The van der Waals surface area contributed by atoms with Crippen molar-refractivity contribution in [3.8, 4) is 5.75 Å². The van der Waals surface area contributed by atoms with E-state index in [1.165, 1.54) is 0 Å². The van der Waals surface area contributed by atoms with Crippen LogP contribution in [0.15, 0.2) is 53.1 Å². The first-order valence-corrected chi connectivity index (χ1v) is 11.1. The summed E-state index contributed by atoms with van der Waals surface area (Å²) < 4.78 is 10.4. The largest absolute Gasteiger partial charge is 0.497 e. The first kappa shape index (κ1) is 25.0. The Balaban J connectivity index is 1.76. The highest BCUT2D eigenvalue weighted by Gasteiger charge is 2.28. The molecule has 0 aliphatic heterocycles. The summed E-state index contributed by atoms with van der Waals surface area (Å²) in [5, 5.41) is 6.81. The van der Waals surface area contributed by atoms with Crippen molar-refractivity contribution < 1.29 is 18.8 Å². The van der Waals surface area contributed by atoms with Gasteiger partial charge in [-0.25, -0.2) is 0 Å². The second-order valence-electron chi connectivity index (χ2n) is 9.11. The molecule has 34 heavy (non-hydrogen) atoms. The van der Waals surface area contributed by atoms with E-state index in [1.54, 1.807) is 50.1 Å². The van der Waals surface area contributed by atoms with Gasteiger partial charge in [0.25, 0.3) is 11.8 Å². The van der Waals surface area contributed by atoms with Crippen molar-refractivity contribution in [3.05, 3.63) is 76.7 Å². The Kier molecular flexibility index (Phi) is 7.73. The maximum atomic E-state index is 13.4. The smallest absolute Gasteiger partial charge is 0.259 e. The molecule has 3 N–H and O–H groups in total. The molecule has 1 heterocycles. The van der Waals surface area contributed by atoms with Gasteiger partial charge in [0.2, 0.25) is 0 Å². The number of aromatic nitrogens is 1. The number of methoxy groups -OCH3 is 1. The van der Waals surface area contributed by atoms with Crippen LogP contribution in [0.1, 0.15) is 51.6 Å². The number of rotatable bonds is 9. The molecule has 0 saturated carbocycles. The molecule has 3 aromatic rings. The highest BCUT2D eigenvalue weighted by atomic mass is 16.5. The monoisotopic (exact) mass is 464 g/mol. The zero-order chi connectivity index (χ0) is 24.9. The van der Waals surface area contributed by atoms with Gasteiger partial charge in [-0.05, 0) is 61.7 Å². The second-order valence-corrected chi connectivity index (χ2v) is 9.11. The molecule has 3 rings (SSSR count). The summed E-state index contributed by atoms with van der Waals surface area (Å²) in [6.45, 7) is 8.84. The maximum Gasteiger partial charge on any atom is 0.259 e. The lowest BCUT2D eigenvalue weighted by Gasteiger charge is -2.32. The standard InChI is InChI=1S/C26H32N4O4/c1-17-23(18(2)34-29-17)25(32)30(16-26(3,4)15-27)14-19-9-11-21(12-10-19)28-24(31)20-7-6-8-22(13-20)33-5/h6-13H,14-16,27H2,1-5H3,(H,28,31). The average Bonchev–Trinajstić information content (AvgIpc) is 3.17. The Morgan fingerprint density at radius 3 is 2.44 bits per heavy atom. The van der Waals surface area contributed by atoms with E-state index < -0.39 is 0 Å². The Bertz CT molecular complexity index is 1130. The summed E-state index contributed by atoms with van der Waals surface area (Å²) >= 11 is 0. The SMILES string of the molecule is COc1cccc(C(=O)Nc2ccc(CN(CC(C)(C)CN)C(=O)c3c(C)noc3C)cc2)c1. The molecular weight excluding hydrogens is 432 g/mol. The van der Waals surface area contributed by atoms with E-state index in [9.17, 15) is 9.59 Å². The fourth-order valence-corrected chi connectivity index (χ4v) is 3.61. The van der Waals surface area contributed by atoms with Crippen LogP contribution < -0.4 is 15.8 Å². The van der Waals surface area contributed by atoms with Crippen molar-refractivity contribution in [2.24, 2.45) is 11.1 Å². The molecule has 0 unspecified atom stereocenters. The fraction of sp³-hybridized carbons (Fsp3) is 0.346. The van der Waals surface area contributed by atoms with Crippen LogP contribution in [0, 0.1) is 19.3 Å². The molecule has 2 amide bonds. The molecule has 0 radical (unpaired) electrons. The minimum Gasteiger partial charge on any atom is -0.497 e. The number of nitrogens with two attached hydrogens (primary N) is 1. The van der Waals surface area contributed by atoms with E-state index in [0.717, 1.165) is 5.56 Å². The number of nitrogens with one attached hydrogen (secondary N) is 1. The zero-order valence-electron chi connectivity index (χ0n) is 20.3. The number of carbonyl (C=O) groups excluding carboxylic acids is 2. The van der Waals surface area contributed by atoms with Gasteiger partial charge >= 0.3 is 0 Å². The van der Waals surface area contributed by atoms with E-state index in [0.29, 0.717) is 53.7 Å². The van der Waals surface area contributed by atoms with Gasteiger partial charge in [0, 0.05) is 24.3 Å². The fourth-order valence-electron chi connectivity index (χ4n) is 3.61. The Morgan fingerprint density at radius 2 is 1.85 bits per heavy atom. The molecule has 180 valence electrons. The number of anilines is 1. The number of carbonyl (C=O) groups is 2. The van der Waals surface area contributed by atoms with E-state index in [2.05, 4.69) is 10.5 Å². The van der Waals surface area contributed by atoms with Crippen LogP contribution in [0.2, 0.25) is 0 Å². The van der Waals surface area contributed by atoms with Crippen LogP contribution in [-0.2, 0) is 6.54 Å². The van der Waals surface area contributed by atoms with Crippen LogP contribution in [0.3, 0.4) is 0 Å². The van der Waals surface area contributed by atoms with Gasteiger partial charge in [0.1, 0.15) is 17.1 Å². The van der Waals surface area contributed by atoms with E-state index in [1.807, 2.05) is 38.1 Å². The highest BCUT2D eigenvalue weighted by Crippen LogP contribution is 2.23. The van der Waals surface area contributed by atoms with Gasteiger partial charge in [-0.2, -0.15) is 0 Å². The number of aryl methyl sites for hydroxylation is 2. The van der Waals surface area contributed by atoms with Crippen molar-refractivity contribution in [2.45, 2.75) is 34.2 Å². The molecule has 8 nitrogen and oxygen atoms in total. The molecule has 1 aromatic heterocycles. The summed E-state index contributed by atoms with van der Waals surface area (Å²) in [6, 6.07) is 14.4. The van der Waals surface area contributed by atoms with Gasteiger partial charge < -0.3 is 25.2 Å². The number of amides is 2. The molecule has 0 aliphatic carbocycles. The summed E-state index contributed by atoms with van der Waals surface area (Å²) in [5.41, 5.74) is 8.80. The van der Waals surface area contributed by atoms with Crippen LogP contribution in [0.4, 0.5) is 5.69 Å². The van der Waals surface area contributed by atoms with Crippen LogP contribution in [-0.4, -0.2) is 42.1 Å². The van der Waals surface area contributed by atoms with Crippen molar-refractivity contribution in [1.82, 2.24) is 10.1 Å². The lowest BCUT2D eigenvalue weighted by Crippen LogP contribution is -2.42. The van der Waals surface area contributed by atoms with E-state index >= 15 is 0 Å². The number of hydrogen-bond donors (Lipinski definition) is 2. The van der Waals surface area contributed by atoms with Crippen LogP contribution in [0.5, 0.6) is 5.75 Å². The Hall–Kier alpha value is -3.65. The number of hydrogen-bond acceptors (Lipinski definition) is 6. The third kappa shape index (κ3) is 6.02. The first-order chi connectivity index (χ1) is 16.1. The van der Waals surface area contributed by atoms with Crippen molar-refractivity contribution in [2.75, 3.05) is 25.5 Å². The minimum atomic E-state index is -0.265. The van der Waals surface area contributed by atoms with Crippen LogP contribution in [0.25, 0.3) is 0 Å². The van der Waals surface area contributed by atoms with Crippen molar-refractivity contribution >= 4 is 17.5 Å². The molecule has 0 atom stereocenters. The average molecular weight is 465 g/mol. The van der Waals surface area contributed by atoms with Crippen molar-refractivity contribution in [3.63, 3.8) is 0 Å². The molecule has 0 spiro atoms. The predicted octanol–water partition coefficient (Wildman–Crippen LogP) is 4.18. The molecule has 8 heteroatoms. The summed E-state index contributed by atoms with van der Waals surface area (Å²) in [7, 11) is 1.56. The highest BCUT2D eigenvalue weighted by molar-refractivity contribution is 6.04. The lowest BCUT2D eigenvalue weighted by molar-refractivity contribution is 0.0671. The summed E-state index contributed by atoms with van der Waals surface area (Å²) in [4.78, 5) is 27.7. The molecule has 0 fully saturated rings. The predicted molar refractivity (Wildman–Crippen MR) is 131 cm³/mol. The Morgan fingerprint density at radius 1 is 1.15 bits per heavy atom. The summed E-state index contributed by atoms with van der Waals surface area (Å²) in [5.74, 6) is 0.736. The van der Waals surface area contributed by atoms with Gasteiger partial charge in [-0.1, -0.05) is 37.2 Å². The molecular formula is C26H32N4O4. The minimum absolute atomic E-state index is 0.145. The summed E-state index contributed by atoms with van der Waals surface area (Å²) in [6.07, 6.45) is 0. The van der Waals surface area contributed by atoms with Gasteiger partial charge in [0.05, 0.1) is 12.8 Å². The van der Waals surface area contributed by atoms with Gasteiger partial charge in [-0.15, -0.1) is 0 Å². The third-order valence-electron chi connectivity index (χ3n) is 5.62. The zero-order valence-corrected chi connectivity index (χ0v) is 20.3. The molecule has 0 bridgehead atoms. The first-order valence-electron chi connectivity index (χ1n) is 11.1. The van der Waals surface area contributed by atoms with Crippen LogP contribution >= 0.6 is 0 Å². The third-order valence-corrected chi connectivity index (χ3v) is 5.62. The number of nitrogens with zero attached hydrogens (tertiary/aromatic N) is 2. The molecule has 2 aromatic carbocycles. The normalized spacial score (nSPS) is 11.2. The number of benzene rings is 2. The van der Waals surface area contributed by atoms with E-state index in [4.69, 9.17) is 15.0 Å². The van der Waals surface area contributed by atoms with Crippen molar-refractivity contribution in [1.29, 1.82) is 0 Å². The van der Waals surface area contributed by atoms with E-state index in [-0.39, 0.29) is 17.2 Å². The topological polar surface area (TPSA) is 111 Å². The maximum absolute atomic E-state index is 13.4. The Labute approximate surface area is 200 Å². The van der Waals surface area contributed by atoms with Gasteiger partial charge in [-0.3, -0.25) is 9.59 Å². The number of ether oxygens (including phenoxy) is 1.